The molecule has 1 rings (SSSR count). The highest BCUT2D eigenvalue weighted by Gasteiger charge is 2.07. The van der Waals surface area contributed by atoms with Crippen LogP contribution in [0.25, 0.3) is 0 Å². The van der Waals surface area contributed by atoms with Crippen LogP contribution in [0, 0.1) is 13.8 Å². The predicted octanol–water partition coefficient (Wildman–Crippen LogP) is 0.823. The van der Waals surface area contributed by atoms with Gasteiger partial charge in [-0.15, -0.1) is 0 Å². The molecule has 0 saturated carbocycles. The van der Waals surface area contributed by atoms with Crippen LogP contribution in [0.4, 0.5) is 4.79 Å². The number of benzene rings is 1. The number of hydrogen-bond donors (Lipinski definition) is 3. The maximum absolute atomic E-state index is 11.2. The molecule has 0 spiro atoms. The minimum atomic E-state index is -3.67. The topological polar surface area (TPSA) is 113 Å². The number of nitrogens with zero attached hydrogens (tertiary/aromatic N) is 1. The summed E-state index contributed by atoms with van der Waals surface area (Å²) in [5.74, 6) is 5.57. The highest BCUT2D eigenvalue weighted by atomic mass is 32.2. The van der Waals surface area contributed by atoms with Crippen molar-refractivity contribution in [1.29, 1.82) is 0 Å². The van der Waals surface area contributed by atoms with Crippen molar-refractivity contribution in [3.8, 4) is 0 Å². The number of hydrazine groups is 1. The summed E-state index contributed by atoms with van der Waals surface area (Å²) in [6.07, 6.45) is 0.715. The van der Waals surface area contributed by atoms with E-state index < -0.39 is 10.1 Å². The Morgan fingerprint density at radius 3 is 2.25 bits per heavy atom. The van der Waals surface area contributed by atoms with E-state index in [9.17, 15) is 13.2 Å². The minimum Gasteiger partial charge on any atom is -0.340 e. The zero-order valence-electron chi connectivity index (χ0n) is 12.0. The van der Waals surface area contributed by atoms with Crippen LogP contribution >= 0.6 is 0 Å². The molecule has 0 aliphatic carbocycles. The first-order valence-electron chi connectivity index (χ1n) is 5.77. The van der Waals surface area contributed by atoms with Gasteiger partial charge >= 0.3 is 6.03 Å². The summed E-state index contributed by atoms with van der Waals surface area (Å²) in [4.78, 5) is 11.2. The predicted molar refractivity (Wildman–Crippen MR) is 77.6 cm³/mol. The second kappa shape index (κ2) is 7.83. The third kappa shape index (κ3) is 8.46. The SMILES string of the molecule is CNC(=O)N(N)Cc1ccc(C)c(C)c1.CS(=O)(=O)O. The molecule has 0 radical (unpaired) electrons. The Balaban J connectivity index is 0.000000621. The van der Waals surface area contributed by atoms with Crippen molar-refractivity contribution in [3.05, 3.63) is 34.9 Å². The van der Waals surface area contributed by atoms with E-state index in [1.807, 2.05) is 25.1 Å². The molecular formula is C12H21N3O4S. The van der Waals surface area contributed by atoms with Gasteiger partial charge < -0.3 is 5.32 Å². The smallest absolute Gasteiger partial charge is 0.331 e. The summed E-state index contributed by atoms with van der Waals surface area (Å²) >= 11 is 0. The molecule has 0 aliphatic heterocycles. The summed E-state index contributed by atoms with van der Waals surface area (Å²) in [6.45, 7) is 4.51. The number of amides is 2. The Kier molecular flexibility index (Phi) is 7.19. The molecule has 0 atom stereocenters. The molecule has 0 unspecified atom stereocenters. The fourth-order valence-electron chi connectivity index (χ4n) is 1.31. The van der Waals surface area contributed by atoms with E-state index in [-0.39, 0.29) is 6.03 Å². The van der Waals surface area contributed by atoms with Gasteiger partial charge in [0.2, 0.25) is 0 Å². The number of urea groups is 1. The van der Waals surface area contributed by atoms with Crippen LogP contribution in [0.1, 0.15) is 16.7 Å². The van der Waals surface area contributed by atoms with Crippen molar-refractivity contribution in [1.82, 2.24) is 10.3 Å². The summed E-state index contributed by atoms with van der Waals surface area (Å²) in [5, 5.41) is 3.63. The summed E-state index contributed by atoms with van der Waals surface area (Å²) in [5.41, 5.74) is 3.48. The number of nitrogens with one attached hydrogen (secondary N) is 1. The molecule has 0 fully saturated rings. The van der Waals surface area contributed by atoms with Gasteiger partial charge in [0.25, 0.3) is 10.1 Å². The van der Waals surface area contributed by atoms with Gasteiger partial charge in [0, 0.05) is 7.05 Å². The molecule has 20 heavy (non-hydrogen) atoms. The lowest BCUT2D eigenvalue weighted by Crippen LogP contribution is -2.42. The summed E-state index contributed by atoms with van der Waals surface area (Å²) in [6, 6.07) is 5.76. The van der Waals surface area contributed by atoms with Crippen molar-refractivity contribution >= 4 is 16.1 Å². The molecule has 0 heterocycles. The van der Waals surface area contributed by atoms with E-state index in [0.29, 0.717) is 12.8 Å². The fourth-order valence-corrected chi connectivity index (χ4v) is 1.31. The zero-order valence-corrected chi connectivity index (χ0v) is 12.9. The molecule has 0 saturated heterocycles. The molecule has 0 aromatic heterocycles. The second-order valence-electron chi connectivity index (χ2n) is 4.33. The summed E-state index contributed by atoms with van der Waals surface area (Å²) in [7, 11) is -2.11. The Hall–Kier alpha value is -1.64. The van der Waals surface area contributed by atoms with E-state index >= 15 is 0 Å². The molecule has 7 nitrogen and oxygen atoms in total. The quantitative estimate of drug-likeness (QED) is 0.324. The standard InChI is InChI=1S/C11H17N3O.CH4O3S/c1-8-4-5-10(6-9(8)2)7-14(12)11(15)13-3;1-5(2,3)4/h4-6H,7,12H2,1-3H3,(H,13,15);1H3,(H,2,3,4). The van der Waals surface area contributed by atoms with Crippen LogP contribution < -0.4 is 11.2 Å². The van der Waals surface area contributed by atoms with Crippen LogP contribution in [0.5, 0.6) is 0 Å². The highest BCUT2D eigenvalue weighted by Crippen LogP contribution is 2.10. The van der Waals surface area contributed by atoms with Gasteiger partial charge in [0.15, 0.2) is 0 Å². The maximum atomic E-state index is 11.2. The second-order valence-corrected chi connectivity index (χ2v) is 5.80. The van der Waals surface area contributed by atoms with Crippen LogP contribution in [0.2, 0.25) is 0 Å². The fraction of sp³-hybridized carbons (Fsp3) is 0.417. The molecule has 4 N–H and O–H groups in total. The Bertz CT molecular complexity index is 550. The molecule has 0 bridgehead atoms. The number of rotatable bonds is 2. The van der Waals surface area contributed by atoms with E-state index in [2.05, 4.69) is 12.2 Å². The lowest BCUT2D eigenvalue weighted by atomic mass is 10.1. The zero-order chi connectivity index (χ0) is 15.9. The third-order valence-electron chi connectivity index (χ3n) is 2.40. The first-order chi connectivity index (χ1) is 9.04. The van der Waals surface area contributed by atoms with Gasteiger partial charge in [0.1, 0.15) is 0 Å². The Morgan fingerprint density at radius 1 is 1.35 bits per heavy atom. The molecule has 8 heteroatoms. The van der Waals surface area contributed by atoms with E-state index in [4.69, 9.17) is 10.4 Å². The number of aryl methyl sites for hydroxylation is 2. The van der Waals surface area contributed by atoms with E-state index in [1.165, 1.54) is 11.1 Å². The lowest BCUT2D eigenvalue weighted by Gasteiger charge is -2.16. The van der Waals surface area contributed by atoms with E-state index in [0.717, 1.165) is 10.6 Å². The first-order valence-corrected chi connectivity index (χ1v) is 7.62. The van der Waals surface area contributed by atoms with Crippen LogP contribution in [0.15, 0.2) is 18.2 Å². The molecular weight excluding hydrogens is 282 g/mol. The van der Waals surface area contributed by atoms with Gasteiger partial charge in [-0.3, -0.25) is 9.56 Å². The average Bonchev–Trinajstić information content (AvgIpc) is 2.30. The Labute approximate surface area is 119 Å². The largest absolute Gasteiger partial charge is 0.340 e. The van der Waals surface area contributed by atoms with Crippen molar-refractivity contribution in [3.63, 3.8) is 0 Å². The molecule has 1 aromatic carbocycles. The number of carbonyl (C=O) groups excluding carboxylic acids is 1. The van der Waals surface area contributed by atoms with Crippen molar-refractivity contribution in [2.75, 3.05) is 13.3 Å². The average molecular weight is 303 g/mol. The van der Waals surface area contributed by atoms with Crippen molar-refractivity contribution in [2.45, 2.75) is 20.4 Å². The van der Waals surface area contributed by atoms with Crippen LogP contribution in [-0.4, -0.2) is 37.3 Å². The van der Waals surface area contributed by atoms with Gasteiger partial charge in [-0.1, -0.05) is 18.2 Å². The molecule has 2 amide bonds. The monoisotopic (exact) mass is 303 g/mol. The van der Waals surface area contributed by atoms with Gasteiger partial charge in [-0.25, -0.2) is 10.6 Å². The third-order valence-corrected chi connectivity index (χ3v) is 2.40. The van der Waals surface area contributed by atoms with Gasteiger partial charge in [-0.2, -0.15) is 8.42 Å². The highest BCUT2D eigenvalue weighted by molar-refractivity contribution is 7.85. The van der Waals surface area contributed by atoms with Crippen LogP contribution in [0.3, 0.4) is 0 Å². The van der Waals surface area contributed by atoms with Crippen molar-refractivity contribution in [2.24, 2.45) is 5.84 Å². The lowest BCUT2D eigenvalue weighted by molar-refractivity contribution is 0.198. The van der Waals surface area contributed by atoms with Crippen LogP contribution in [-0.2, 0) is 16.7 Å². The van der Waals surface area contributed by atoms with Crippen molar-refractivity contribution < 1.29 is 17.8 Å². The normalized spacial score (nSPS) is 10.3. The minimum absolute atomic E-state index is 0.284. The molecule has 1 aromatic rings. The Morgan fingerprint density at radius 2 is 1.85 bits per heavy atom. The van der Waals surface area contributed by atoms with Gasteiger partial charge in [-0.05, 0) is 30.5 Å². The first kappa shape index (κ1) is 18.4. The van der Waals surface area contributed by atoms with E-state index in [1.54, 1.807) is 7.05 Å². The van der Waals surface area contributed by atoms with Gasteiger partial charge in [0.05, 0.1) is 12.8 Å². The number of carbonyl (C=O) groups is 1. The molecule has 0 aliphatic rings. The molecule has 114 valence electrons. The number of hydrogen-bond acceptors (Lipinski definition) is 4. The maximum Gasteiger partial charge on any atom is 0.331 e. The number of nitrogens with two attached hydrogens (primary N) is 1. The summed E-state index contributed by atoms with van der Waals surface area (Å²) < 4.78 is 25.9.